The third-order valence-corrected chi connectivity index (χ3v) is 5.50. The van der Waals surface area contributed by atoms with Crippen molar-refractivity contribution in [3.8, 4) is 5.75 Å². The van der Waals surface area contributed by atoms with Gasteiger partial charge in [-0.15, -0.1) is 6.58 Å². The minimum absolute atomic E-state index is 0.0521. The van der Waals surface area contributed by atoms with Crippen molar-refractivity contribution in [1.29, 1.82) is 0 Å². The molecule has 5 nitrogen and oxygen atoms in total. The van der Waals surface area contributed by atoms with Gasteiger partial charge >= 0.3 is 0 Å². The molecule has 1 rings (SSSR count). The maximum absolute atomic E-state index is 12.7. The Bertz CT molecular complexity index is 600. The van der Waals surface area contributed by atoms with Gasteiger partial charge in [0.15, 0.2) is 0 Å². The molecule has 1 aromatic rings. The maximum atomic E-state index is 12.7. The molecule has 0 aliphatic heterocycles. The number of sulfonamides is 1. The molecule has 0 unspecified atom stereocenters. The fraction of sp³-hybridized carbons (Fsp3) is 0.385. The van der Waals surface area contributed by atoms with E-state index in [0.29, 0.717) is 10.2 Å². The van der Waals surface area contributed by atoms with E-state index in [-0.39, 0.29) is 23.2 Å². The summed E-state index contributed by atoms with van der Waals surface area (Å²) in [7, 11) is -2.29. The van der Waals surface area contributed by atoms with Crippen LogP contribution >= 0.6 is 15.9 Å². The molecule has 0 atom stereocenters. The SMILES string of the molecule is C=CCN(C(C)C)S(=O)(=O)c1cc(N)c(Br)cc1OC. The molecule has 0 fully saturated rings. The molecule has 0 heterocycles. The molecule has 112 valence electrons. The molecule has 0 aliphatic rings. The summed E-state index contributed by atoms with van der Waals surface area (Å²) in [5.74, 6) is 0.251. The van der Waals surface area contributed by atoms with E-state index < -0.39 is 10.0 Å². The van der Waals surface area contributed by atoms with E-state index >= 15 is 0 Å². The van der Waals surface area contributed by atoms with Crippen molar-refractivity contribution < 1.29 is 13.2 Å². The molecule has 0 bridgehead atoms. The monoisotopic (exact) mass is 362 g/mol. The lowest BCUT2D eigenvalue weighted by atomic mass is 10.3. The first kappa shape index (κ1) is 17.0. The predicted molar refractivity (Wildman–Crippen MR) is 84.3 cm³/mol. The van der Waals surface area contributed by atoms with Crippen LogP contribution in [0.4, 0.5) is 5.69 Å². The Kier molecular flexibility index (Phi) is 5.61. The van der Waals surface area contributed by atoms with Crippen LogP contribution in [0.5, 0.6) is 5.75 Å². The van der Waals surface area contributed by atoms with Gasteiger partial charge in [-0.05, 0) is 41.9 Å². The van der Waals surface area contributed by atoms with Crippen LogP contribution < -0.4 is 10.5 Å². The summed E-state index contributed by atoms with van der Waals surface area (Å²) in [6.07, 6.45) is 1.55. The summed E-state index contributed by atoms with van der Waals surface area (Å²) < 4.78 is 32.6. The Morgan fingerprint density at radius 3 is 2.55 bits per heavy atom. The second-order valence-corrected chi connectivity index (χ2v) is 7.20. The largest absolute Gasteiger partial charge is 0.495 e. The number of nitrogens with zero attached hydrogens (tertiary/aromatic N) is 1. The van der Waals surface area contributed by atoms with Crippen LogP contribution in [0, 0.1) is 0 Å². The lowest BCUT2D eigenvalue weighted by molar-refractivity contribution is 0.372. The first-order chi connectivity index (χ1) is 9.25. The lowest BCUT2D eigenvalue weighted by Crippen LogP contribution is -2.37. The number of anilines is 1. The molecule has 2 N–H and O–H groups in total. The molecule has 0 saturated carbocycles. The van der Waals surface area contributed by atoms with E-state index in [1.807, 2.05) is 0 Å². The van der Waals surface area contributed by atoms with Gasteiger partial charge in [0.05, 0.1) is 7.11 Å². The summed E-state index contributed by atoms with van der Waals surface area (Å²) in [5, 5.41) is 0. The average molecular weight is 363 g/mol. The van der Waals surface area contributed by atoms with Gasteiger partial charge in [-0.25, -0.2) is 8.42 Å². The zero-order valence-electron chi connectivity index (χ0n) is 11.8. The number of hydrogen-bond donors (Lipinski definition) is 1. The number of nitrogen functional groups attached to an aromatic ring is 1. The van der Waals surface area contributed by atoms with Gasteiger partial charge in [0, 0.05) is 22.7 Å². The summed E-state index contributed by atoms with van der Waals surface area (Å²) in [6.45, 7) is 7.42. The van der Waals surface area contributed by atoms with E-state index in [0.717, 1.165) is 0 Å². The van der Waals surface area contributed by atoms with Gasteiger partial charge in [0.1, 0.15) is 10.6 Å². The standard InChI is InChI=1S/C13H19BrN2O3S/c1-5-6-16(9(2)3)20(17,18)13-8-11(15)10(14)7-12(13)19-4/h5,7-9H,1,6,15H2,2-4H3. The summed E-state index contributed by atoms with van der Waals surface area (Å²) in [5.41, 5.74) is 6.13. The lowest BCUT2D eigenvalue weighted by Gasteiger charge is -2.25. The Morgan fingerprint density at radius 1 is 1.50 bits per heavy atom. The van der Waals surface area contributed by atoms with E-state index in [1.165, 1.54) is 17.5 Å². The first-order valence-corrected chi connectivity index (χ1v) is 8.24. The second-order valence-electron chi connectivity index (χ2n) is 4.48. The minimum Gasteiger partial charge on any atom is -0.495 e. The summed E-state index contributed by atoms with van der Waals surface area (Å²) >= 11 is 3.25. The molecule has 0 saturated heterocycles. The van der Waals surface area contributed by atoms with Crippen molar-refractivity contribution in [2.24, 2.45) is 0 Å². The fourth-order valence-corrected chi connectivity index (χ4v) is 3.86. The Morgan fingerprint density at radius 2 is 2.10 bits per heavy atom. The van der Waals surface area contributed by atoms with Crippen LogP contribution in [0.25, 0.3) is 0 Å². The summed E-state index contributed by atoms with van der Waals surface area (Å²) in [4.78, 5) is 0.0521. The van der Waals surface area contributed by atoms with Crippen molar-refractivity contribution >= 4 is 31.6 Å². The number of ether oxygens (including phenoxy) is 1. The van der Waals surface area contributed by atoms with Gasteiger partial charge in [-0.3, -0.25) is 0 Å². The number of rotatable bonds is 6. The van der Waals surface area contributed by atoms with Crippen molar-refractivity contribution in [1.82, 2.24) is 4.31 Å². The Balaban J connectivity index is 3.47. The highest BCUT2D eigenvalue weighted by Gasteiger charge is 2.29. The second kappa shape index (κ2) is 6.60. The molecular formula is C13H19BrN2O3S. The van der Waals surface area contributed by atoms with E-state index in [2.05, 4.69) is 22.5 Å². The van der Waals surface area contributed by atoms with Gasteiger partial charge in [-0.1, -0.05) is 6.08 Å². The van der Waals surface area contributed by atoms with Crippen molar-refractivity contribution in [2.45, 2.75) is 24.8 Å². The molecule has 1 aromatic carbocycles. The van der Waals surface area contributed by atoms with Crippen LogP contribution in [-0.4, -0.2) is 32.4 Å². The van der Waals surface area contributed by atoms with E-state index in [9.17, 15) is 8.42 Å². The molecular weight excluding hydrogens is 344 g/mol. The third kappa shape index (κ3) is 3.34. The molecule has 20 heavy (non-hydrogen) atoms. The quantitative estimate of drug-likeness (QED) is 0.623. The average Bonchev–Trinajstić information content (AvgIpc) is 2.37. The minimum atomic E-state index is -3.71. The zero-order chi connectivity index (χ0) is 15.5. The highest BCUT2D eigenvalue weighted by molar-refractivity contribution is 9.10. The fourth-order valence-electron chi connectivity index (χ4n) is 1.75. The van der Waals surface area contributed by atoms with Gasteiger partial charge in [0.25, 0.3) is 0 Å². The molecule has 7 heteroatoms. The van der Waals surface area contributed by atoms with Crippen LogP contribution in [-0.2, 0) is 10.0 Å². The van der Waals surface area contributed by atoms with E-state index in [4.69, 9.17) is 10.5 Å². The van der Waals surface area contributed by atoms with Crippen molar-refractivity contribution in [3.05, 3.63) is 29.3 Å². The van der Waals surface area contributed by atoms with Crippen LogP contribution in [0.15, 0.2) is 34.2 Å². The number of hydrogen-bond acceptors (Lipinski definition) is 4. The number of nitrogens with two attached hydrogens (primary N) is 1. The highest BCUT2D eigenvalue weighted by Crippen LogP contribution is 2.34. The number of halogens is 1. The Labute approximate surface area is 128 Å². The smallest absolute Gasteiger partial charge is 0.247 e. The van der Waals surface area contributed by atoms with Crippen LogP contribution in [0.1, 0.15) is 13.8 Å². The molecule has 0 amide bonds. The van der Waals surface area contributed by atoms with Gasteiger partial charge in [-0.2, -0.15) is 4.31 Å². The van der Waals surface area contributed by atoms with E-state index in [1.54, 1.807) is 26.0 Å². The summed E-state index contributed by atoms with van der Waals surface area (Å²) in [6, 6.07) is 2.75. The molecule has 0 spiro atoms. The van der Waals surface area contributed by atoms with Gasteiger partial charge < -0.3 is 10.5 Å². The highest BCUT2D eigenvalue weighted by atomic mass is 79.9. The van der Waals surface area contributed by atoms with Crippen LogP contribution in [0.3, 0.4) is 0 Å². The maximum Gasteiger partial charge on any atom is 0.247 e. The zero-order valence-corrected chi connectivity index (χ0v) is 14.2. The van der Waals surface area contributed by atoms with Crippen molar-refractivity contribution in [2.75, 3.05) is 19.4 Å². The molecule has 0 aromatic heterocycles. The number of methoxy groups -OCH3 is 1. The first-order valence-electron chi connectivity index (χ1n) is 6.01. The van der Waals surface area contributed by atoms with Gasteiger partial charge in [0.2, 0.25) is 10.0 Å². The topological polar surface area (TPSA) is 72.6 Å². The molecule has 0 radical (unpaired) electrons. The number of benzene rings is 1. The third-order valence-electron chi connectivity index (χ3n) is 2.75. The predicted octanol–water partition coefficient (Wildman–Crippen LogP) is 2.63. The van der Waals surface area contributed by atoms with Crippen molar-refractivity contribution in [3.63, 3.8) is 0 Å². The normalized spacial score (nSPS) is 11.9. The van der Waals surface area contributed by atoms with Crippen LogP contribution in [0.2, 0.25) is 0 Å². The molecule has 0 aliphatic carbocycles. The Hall–Kier alpha value is -1.05.